The molecule has 0 heterocycles. The minimum absolute atomic E-state index is 0.554. The first-order valence-electron chi connectivity index (χ1n) is 20.5. The van der Waals surface area contributed by atoms with Crippen molar-refractivity contribution in [3.05, 3.63) is 129 Å². The molecule has 2 radical (unpaired) electrons. The molecule has 1 heteroatoms. The van der Waals surface area contributed by atoms with Gasteiger partial charge in [0.05, 0.1) is 0 Å². The lowest BCUT2D eigenvalue weighted by molar-refractivity contribution is 0.648. The molecule has 0 saturated carbocycles. The zero-order valence-electron chi connectivity index (χ0n) is 32.5. The van der Waals surface area contributed by atoms with Gasteiger partial charge in [0.1, 0.15) is 0 Å². The quantitative estimate of drug-likeness (QED) is 0.0720. The Bertz CT molecular complexity index is 1650. The van der Waals surface area contributed by atoms with Gasteiger partial charge in [-0.3, -0.25) is 0 Å². The van der Waals surface area contributed by atoms with E-state index in [4.69, 9.17) is 0 Å². The molecule has 0 amide bonds. The lowest BCUT2D eigenvalue weighted by atomic mass is 9.91. The predicted octanol–water partition coefficient (Wildman–Crippen LogP) is 15.4. The fraction of sp³-hybridized carbons (Fsp3) is 0.440. The summed E-state index contributed by atoms with van der Waals surface area (Å²) in [5, 5.41) is 0. The summed E-state index contributed by atoms with van der Waals surface area (Å²) >= 11 is 0. The van der Waals surface area contributed by atoms with Gasteiger partial charge in [-0.05, 0) is 93.2 Å². The molecule has 0 aliphatic heterocycles. The van der Waals surface area contributed by atoms with Crippen molar-refractivity contribution in [3.63, 3.8) is 0 Å². The summed E-state index contributed by atoms with van der Waals surface area (Å²) in [6.45, 7) is 13.8. The van der Waals surface area contributed by atoms with Gasteiger partial charge in [-0.2, -0.15) is 0 Å². The summed E-state index contributed by atoms with van der Waals surface area (Å²) in [7, 11) is 0.943. The van der Waals surface area contributed by atoms with Gasteiger partial charge < -0.3 is 0 Å². The number of allylic oxidation sites excluding steroid dienone is 2. The first-order valence-corrected chi connectivity index (χ1v) is 21.9. The van der Waals surface area contributed by atoms with E-state index < -0.39 is 0 Å². The van der Waals surface area contributed by atoms with Crippen LogP contribution in [0.4, 0.5) is 0 Å². The van der Waals surface area contributed by atoms with E-state index in [1.807, 2.05) is 0 Å². The van der Waals surface area contributed by atoms with Gasteiger partial charge in [0.15, 0.2) is 0 Å². The van der Waals surface area contributed by atoms with Crippen LogP contribution in [0.1, 0.15) is 163 Å². The van der Waals surface area contributed by atoms with E-state index in [1.54, 1.807) is 22.3 Å². The molecule has 0 nitrogen and oxygen atoms in total. The maximum absolute atomic E-state index is 2.61. The highest BCUT2D eigenvalue weighted by molar-refractivity contribution is 6.36. The van der Waals surface area contributed by atoms with Crippen LogP contribution >= 0.6 is 0 Å². The zero-order chi connectivity index (χ0) is 35.7. The lowest BCUT2D eigenvalue weighted by Gasteiger charge is -2.21. The fourth-order valence-corrected chi connectivity index (χ4v) is 10.2. The van der Waals surface area contributed by atoms with E-state index in [0.29, 0.717) is 23.7 Å². The molecule has 0 saturated heterocycles. The van der Waals surface area contributed by atoms with Gasteiger partial charge >= 0.3 is 0 Å². The van der Waals surface area contributed by atoms with Crippen LogP contribution in [-0.2, 0) is 0 Å². The van der Waals surface area contributed by atoms with Gasteiger partial charge in [0.25, 0.3) is 0 Å². The topological polar surface area (TPSA) is 0 Å². The van der Waals surface area contributed by atoms with E-state index >= 15 is 0 Å². The van der Waals surface area contributed by atoms with Gasteiger partial charge in [0.2, 0.25) is 0 Å². The average molecular weight is 691 g/mol. The third-order valence-electron chi connectivity index (χ3n) is 11.7. The minimum atomic E-state index is 0.554. The summed E-state index contributed by atoms with van der Waals surface area (Å²) in [5.41, 5.74) is 17.9. The summed E-state index contributed by atoms with van der Waals surface area (Å²) < 4.78 is 0. The van der Waals surface area contributed by atoms with Crippen LogP contribution in [-0.4, -0.2) is 9.52 Å². The highest BCUT2D eigenvalue weighted by Crippen LogP contribution is 2.48. The molecule has 0 N–H and O–H groups in total. The van der Waals surface area contributed by atoms with Crippen molar-refractivity contribution < 1.29 is 0 Å². The number of hydrogen-bond acceptors (Lipinski definition) is 0. The summed E-state index contributed by atoms with van der Waals surface area (Å²) in [5.74, 6) is 2.22. The molecule has 2 unspecified atom stereocenters. The molecule has 2 aliphatic carbocycles. The molecule has 51 heavy (non-hydrogen) atoms. The highest BCUT2D eigenvalue weighted by atomic mass is 28.2. The molecular formula is C50H62Si. The van der Waals surface area contributed by atoms with E-state index in [0.717, 1.165) is 9.52 Å². The maximum Gasteiger partial charge on any atom is 0.0397 e. The first kappa shape index (κ1) is 37.3. The Morgan fingerprint density at radius 2 is 0.902 bits per heavy atom. The molecule has 4 aromatic carbocycles. The van der Waals surface area contributed by atoms with Gasteiger partial charge in [-0.15, -0.1) is 0 Å². The normalized spacial score (nSPS) is 16.5. The second kappa shape index (κ2) is 17.9. The van der Waals surface area contributed by atoms with E-state index in [-0.39, 0.29) is 0 Å². The van der Waals surface area contributed by atoms with E-state index in [1.165, 1.54) is 121 Å². The molecule has 0 spiro atoms. The van der Waals surface area contributed by atoms with Crippen LogP contribution in [0.3, 0.4) is 0 Å². The second-order valence-electron chi connectivity index (χ2n) is 16.0. The van der Waals surface area contributed by atoms with E-state index in [9.17, 15) is 0 Å². The number of fused-ring (bicyclic) bond motifs is 2. The minimum Gasteiger partial charge on any atom is -0.0654 e. The van der Waals surface area contributed by atoms with Crippen LogP contribution in [0, 0.1) is 0 Å². The Morgan fingerprint density at radius 3 is 1.27 bits per heavy atom. The Labute approximate surface area is 313 Å². The molecule has 6 rings (SSSR count). The molecule has 2 aliphatic rings. The predicted molar refractivity (Wildman–Crippen MR) is 226 cm³/mol. The van der Waals surface area contributed by atoms with Crippen LogP contribution < -0.4 is 0 Å². The van der Waals surface area contributed by atoms with Crippen molar-refractivity contribution in [1.29, 1.82) is 0 Å². The maximum atomic E-state index is 2.61. The molecule has 0 aromatic heterocycles. The standard InChI is InChI=1S/C50H62Si/c1-7-9-11-13-17-41-31-47-43(39-27-23-37(24-28-39)35(3)4)19-15-21-45(47)49(41)33-51-34-50-42(18-14-12-10-8-2)32-48-44(20-16-22-46(48)50)40-29-25-38(26-30-40)36(5)6/h15-16,19-32,35-36,49-50H,7-14,17-18,33-34H2,1-6H3. The van der Waals surface area contributed by atoms with Crippen molar-refractivity contribution in [1.82, 2.24) is 0 Å². The number of hydrogen-bond donors (Lipinski definition) is 0. The number of unbranched alkanes of at least 4 members (excludes halogenated alkanes) is 6. The first-order chi connectivity index (χ1) is 24.9. The largest absolute Gasteiger partial charge is 0.0654 e. The fourth-order valence-electron chi connectivity index (χ4n) is 8.52. The summed E-state index contributed by atoms with van der Waals surface area (Å²) in [6.07, 6.45) is 18.3. The zero-order valence-corrected chi connectivity index (χ0v) is 33.5. The number of benzene rings is 4. The lowest BCUT2D eigenvalue weighted by Crippen LogP contribution is -2.08. The Kier molecular flexibility index (Phi) is 13.1. The number of rotatable bonds is 18. The molecule has 0 bridgehead atoms. The van der Waals surface area contributed by atoms with E-state index in [2.05, 4.69) is 139 Å². The molecule has 2 atom stereocenters. The van der Waals surface area contributed by atoms with Crippen molar-refractivity contribution in [2.45, 2.75) is 142 Å². The third kappa shape index (κ3) is 8.80. The van der Waals surface area contributed by atoms with Crippen LogP contribution in [0.25, 0.3) is 34.4 Å². The Hall–Kier alpha value is -3.42. The van der Waals surface area contributed by atoms with Crippen LogP contribution in [0.15, 0.2) is 96.1 Å². The van der Waals surface area contributed by atoms with Gasteiger partial charge in [-0.25, -0.2) is 0 Å². The highest BCUT2D eigenvalue weighted by Gasteiger charge is 2.30. The molecule has 4 aromatic rings. The molecule has 0 fully saturated rings. The van der Waals surface area contributed by atoms with Crippen molar-refractivity contribution in [2.75, 3.05) is 0 Å². The third-order valence-corrected chi connectivity index (χ3v) is 13.1. The molecular weight excluding hydrogens is 629 g/mol. The monoisotopic (exact) mass is 690 g/mol. The van der Waals surface area contributed by atoms with Crippen LogP contribution in [0.5, 0.6) is 0 Å². The average Bonchev–Trinajstić information content (AvgIpc) is 3.69. The van der Waals surface area contributed by atoms with Crippen molar-refractivity contribution >= 4 is 21.7 Å². The summed E-state index contributed by atoms with van der Waals surface area (Å²) in [6, 6.07) is 35.6. The second-order valence-corrected chi connectivity index (χ2v) is 17.3. The van der Waals surface area contributed by atoms with Gasteiger partial charge in [0, 0.05) is 21.4 Å². The smallest absolute Gasteiger partial charge is 0.0397 e. The van der Waals surface area contributed by atoms with Crippen LogP contribution in [0.2, 0.25) is 12.1 Å². The van der Waals surface area contributed by atoms with Crippen molar-refractivity contribution in [2.24, 2.45) is 0 Å². The Balaban J connectivity index is 1.24. The molecule has 266 valence electrons. The SMILES string of the molecule is CCCCCCC1=Cc2c(-c3ccc(C(C)C)cc3)cccc2C1C[Si]CC1C(CCCCCC)=Cc2c(-c3ccc(C(C)C)cc3)cccc21. The van der Waals surface area contributed by atoms with Gasteiger partial charge in [-0.1, -0.05) is 200 Å². The van der Waals surface area contributed by atoms with Crippen molar-refractivity contribution in [3.8, 4) is 22.3 Å². The summed E-state index contributed by atoms with van der Waals surface area (Å²) in [4.78, 5) is 0. The Morgan fingerprint density at radius 1 is 0.490 bits per heavy atom.